The average molecular weight is 927 g/mol. The molecule has 3 aromatic rings. The summed E-state index contributed by atoms with van der Waals surface area (Å²) in [7, 11) is 1.64. The van der Waals surface area contributed by atoms with E-state index in [1.54, 1.807) is 25.3 Å². The van der Waals surface area contributed by atoms with E-state index in [-0.39, 0.29) is 44.7 Å². The lowest BCUT2D eigenvalue weighted by Crippen LogP contribution is -2.27. The Morgan fingerprint density at radius 2 is 0.866 bits per heavy atom. The number of methoxy groups -OCH3 is 1. The van der Waals surface area contributed by atoms with E-state index >= 15 is 0 Å². The van der Waals surface area contributed by atoms with Crippen LogP contribution in [0.15, 0.2) is 42.5 Å². The topological polar surface area (TPSA) is 76.0 Å². The quantitative estimate of drug-likeness (QED) is 0.0563. The van der Waals surface area contributed by atoms with Gasteiger partial charge >= 0.3 is 5.97 Å². The van der Waals surface area contributed by atoms with Crippen molar-refractivity contribution < 1.29 is 24.5 Å². The highest BCUT2D eigenvalue weighted by atomic mass is 16.5. The van der Waals surface area contributed by atoms with Gasteiger partial charge in [-0.25, -0.2) is 0 Å². The Balaban J connectivity index is 0.00000101. The molecule has 5 heteroatoms. The lowest BCUT2D eigenvalue weighted by molar-refractivity contribution is -0.139. The zero-order valence-corrected chi connectivity index (χ0v) is 46.7. The fraction of sp³-hybridized carbons (Fsp3) is 0.694. The van der Waals surface area contributed by atoms with E-state index in [9.17, 15) is 15.0 Å². The molecule has 0 aromatic heterocycles. The third-order valence-corrected chi connectivity index (χ3v) is 13.4. The molecule has 0 radical (unpaired) electrons. The number of hydrogen-bond acceptors (Lipinski definition) is 5. The maximum atomic E-state index is 14.6. The number of carbonyl (C=O) groups is 1. The molecule has 5 nitrogen and oxygen atoms in total. The highest BCUT2D eigenvalue weighted by molar-refractivity contribution is 5.77. The third-order valence-electron chi connectivity index (χ3n) is 13.4. The highest BCUT2D eigenvalue weighted by Crippen LogP contribution is 2.43. The molecule has 2 N–H and O–H groups in total. The van der Waals surface area contributed by atoms with Crippen LogP contribution in [0.3, 0.4) is 0 Å². The van der Waals surface area contributed by atoms with E-state index in [1.807, 2.05) is 0 Å². The molecule has 0 spiro atoms. The van der Waals surface area contributed by atoms with Crippen LogP contribution in [0.5, 0.6) is 23.0 Å². The average Bonchev–Trinajstić information content (AvgIpc) is 3.21. The third kappa shape index (κ3) is 20.6. The van der Waals surface area contributed by atoms with Crippen LogP contribution >= 0.6 is 0 Å². The SMILES string of the molecule is CCCCCCCCCCCCCCCCCCC(Cc1cc(C(C)(C)C)c(O)c(C(C)(C)C)c1)C(=O)Oc1c(C(C)(C)C)cc(CC)cc1C(C)(C)C.COc1ccc(O)cc1C(C)(C)C. The number of unbranched alkanes of at least 4 members (excludes halogenated alkanes) is 15. The summed E-state index contributed by atoms with van der Waals surface area (Å²) in [6.07, 6.45) is 23.7. The normalized spacial score (nSPS) is 13.0. The van der Waals surface area contributed by atoms with Crippen LogP contribution in [0.1, 0.15) is 266 Å². The number of ether oxygens (including phenoxy) is 2. The molecule has 0 saturated carbocycles. The number of carbonyl (C=O) groups excluding carboxylic acids is 1. The fourth-order valence-corrected chi connectivity index (χ4v) is 9.07. The first kappa shape index (κ1) is 59.7. The van der Waals surface area contributed by atoms with Gasteiger partial charge < -0.3 is 19.7 Å². The van der Waals surface area contributed by atoms with Crippen molar-refractivity contribution in [3.8, 4) is 23.0 Å². The number of esters is 1. The van der Waals surface area contributed by atoms with E-state index in [2.05, 4.69) is 142 Å². The molecule has 0 aliphatic heterocycles. The minimum absolute atomic E-state index is 0.00984. The van der Waals surface area contributed by atoms with Crippen molar-refractivity contribution in [2.75, 3.05) is 7.11 Å². The molecule has 0 fully saturated rings. The van der Waals surface area contributed by atoms with E-state index in [1.165, 1.54) is 95.5 Å². The summed E-state index contributed by atoms with van der Waals surface area (Å²) in [6.45, 7) is 37.0. The molecule has 0 aliphatic rings. The molecule has 3 aromatic carbocycles. The second-order valence-electron chi connectivity index (χ2n) is 25.0. The van der Waals surface area contributed by atoms with Gasteiger partial charge in [0.25, 0.3) is 0 Å². The van der Waals surface area contributed by atoms with E-state index in [0.717, 1.165) is 70.6 Å². The van der Waals surface area contributed by atoms with E-state index in [0.29, 0.717) is 12.2 Å². The van der Waals surface area contributed by atoms with Gasteiger partial charge in [-0.05, 0) is 86.8 Å². The molecule has 380 valence electrons. The molecule has 0 amide bonds. The van der Waals surface area contributed by atoms with Gasteiger partial charge in [0, 0.05) is 16.7 Å². The minimum Gasteiger partial charge on any atom is -0.508 e. The first-order chi connectivity index (χ1) is 31.1. The predicted octanol–water partition coefficient (Wildman–Crippen LogP) is 18.3. The van der Waals surface area contributed by atoms with Crippen molar-refractivity contribution in [1.29, 1.82) is 0 Å². The van der Waals surface area contributed by atoms with Gasteiger partial charge in [0.05, 0.1) is 13.0 Å². The summed E-state index contributed by atoms with van der Waals surface area (Å²) in [6, 6.07) is 14.0. The predicted molar refractivity (Wildman–Crippen MR) is 289 cm³/mol. The zero-order valence-electron chi connectivity index (χ0n) is 46.7. The Morgan fingerprint density at radius 1 is 0.493 bits per heavy atom. The number of benzene rings is 3. The second kappa shape index (κ2) is 27.1. The Morgan fingerprint density at radius 3 is 1.22 bits per heavy atom. The summed E-state index contributed by atoms with van der Waals surface area (Å²) in [5.74, 6) is 1.85. The van der Waals surface area contributed by atoms with Gasteiger partial charge in [-0.3, -0.25) is 4.79 Å². The molecule has 1 atom stereocenters. The van der Waals surface area contributed by atoms with Gasteiger partial charge in [0.1, 0.15) is 23.0 Å². The maximum Gasteiger partial charge on any atom is 0.314 e. The standard InChI is InChI=1S/C51H86O3.C11H16O2/c1-15-17-18-19-20-21-22-23-24-25-26-27-28-29-30-31-32-40(33-39-36-41(48(3,4)5)45(52)42(37-39)49(6,7)8)47(53)54-46-43(50(9,10)11)34-38(16-2)35-44(46)51(12,13)14;1-11(2,3)9-7-8(12)5-6-10(9)13-4/h34-37,40,52H,15-33H2,1-14H3;5-7,12H,1-4H3. The molecule has 67 heavy (non-hydrogen) atoms. The molecule has 0 heterocycles. The Kier molecular flexibility index (Phi) is 24.1. The molecule has 0 aliphatic carbocycles. The highest BCUT2D eigenvalue weighted by Gasteiger charge is 2.33. The van der Waals surface area contributed by atoms with Crippen molar-refractivity contribution in [2.24, 2.45) is 5.92 Å². The Labute approximate surface area is 413 Å². The van der Waals surface area contributed by atoms with Crippen LogP contribution in [0.25, 0.3) is 0 Å². The van der Waals surface area contributed by atoms with Gasteiger partial charge in [-0.2, -0.15) is 0 Å². The summed E-state index contributed by atoms with van der Waals surface area (Å²) in [5.41, 5.74) is 6.69. The molecular formula is C62H102O5. The molecular weight excluding hydrogens is 825 g/mol. The molecule has 1 unspecified atom stereocenters. The van der Waals surface area contributed by atoms with Crippen molar-refractivity contribution in [1.82, 2.24) is 0 Å². The first-order valence-electron chi connectivity index (χ1n) is 26.7. The monoisotopic (exact) mass is 927 g/mol. The van der Waals surface area contributed by atoms with Gasteiger partial charge in [-0.15, -0.1) is 0 Å². The summed E-state index contributed by atoms with van der Waals surface area (Å²) in [4.78, 5) is 14.6. The Bertz CT molecular complexity index is 1850. The van der Waals surface area contributed by atoms with Gasteiger partial charge in [-0.1, -0.05) is 245 Å². The number of hydrogen-bond donors (Lipinski definition) is 2. The smallest absolute Gasteiger partial charge is 0.314 e. The van der Waals surface area contributed by atoms with Crippen molar-refractivity contribution in [3.05, 3.63) is 81.4 Å². The van der Waals surface area contributed by atoms with Gasteiger partial charge in [0.2, 0.25) is 0 Å². The van der Waals surface area contributed by atoms with Crippen molar-refractivity contribution in [2.45, 2.75) is 267 Å². The van der Waals surface area contributed by atoms with Crippen molar-refractivity contribution in [3.63, 3.8) is 0 Å². The number of aryl methyl sites for hydroxylation is 1. The van der Waals surface area contributed by atoms with Crippen LogP contribution in [-0.2, 0) is 44.7 Å². The van der Waals surface area contributed by atoms with Crippen LogP contribution < -0.4 is 9.47 Å². The second-order valence-corrected chi connectivity index (χ2v) is 25.0. The summed E-state index contributed by atoms with van der Waals surface area (Å²) >= 11 is 0. The number of phenolic OH excluding ortho intramolecular Hbond substituents is 2. The molecule has 0 saturated heterocycles. The van der Waals surface area contributed by atoms with Crippen LogP contribution in [0.4, 0.5) is 0 Å². The van der Waals surface area contributed by atoms with Crippen molar-refractivity contribution >= 4 is 5.97 Å². The number of aromatic hydroxyl groups is 2. The Hall–Kier alpha value is -3.47. The molecule has 3 rings (SSSR count). The maximum absolute atomic E-state index is 14.6. The summed E-state index contributed by atoms with van der Waals surface area (Å²) < 4.78 is 11.9. The summed E-state index contributed by atoms with van der Waals surface area (Å²) in [5, 5.41) is 20.8. The van der Waals surface area contributed by atoms with E-state index in [4.69, 9.17) is 9.47 Å². The van der Waals surface area contributed by atoms with E-state index < -0.39 is 0 Å². The minimum atomic E-state index is -0.270. The molecule has 0 bridgehead atoms. The largest absolute Gasteiger partial charge is 0.508 e. The number of rotatable bonds is 23. The van der Waals surface area contributed by atoms with Crippen LogP contribution in [0, 0.1) is 5.92 Å². The lowest BCUT2D eigenvalue weighted by atomic mass is 9.77. The number of phenols is 2. The van der Waals surface area contributed by atoms with Gasteiger partial charge in [0.15, 0.2) is 0 Å². The lowest BCUT2D eigenvalue weighted by Gasteiger charge is -2.31. The fourth-order valence-electron chi connectivity index (χ4n) is 9.07. The van der Waals surface area contributed by atoms with Crippen LogP contribution in [-0.4, -0.2) is 23.3 Å². The van der Waals surface area contributed by atoms with Crippen LogP contribution in [0.2, 0.25) is 0 Å². The zero-order chi connectivity index (χ0) is 50.8. The first-order valence-corrected chi connectivity index (χ1v) is 26.7.